The van der Waals surface area contributed by atoms with Crippen molar-refractivity contribution in [3.05, 3.63) is 59.7 Å². The molecule has 2 nitrogen and oxygen atoms in total. The van der Waals surface area contributed by atoms with Crippen LogP contribution in [0, 0.1) is 6.92 Å². The van der Waals surface area contributed by atoms with Gasteiger partial charge in [0.1, 0.15) is 12.4 Å². The minimum atomic E-state index is 0.562. The van der Waals surface area contributed by atoms with Crippen molar-refractivity contribution in [1.82, 2.24) is 0 Å². The Kier molecular flexibility index (Phi) is 5.05. The molecule has 0 aliphatic rings. The zero-order valence-electron chi connectivity index (χ0n) is 12.5. The van der Waals surface area contributed by atoms with Crippen molar-refractivity contribution in [3.8, 4) is 5.75 Å². The molecule has 106 valence electrons. The summed E-state index contributed by atoms with van der Waals surface area (Å²) in [5.74, 6) is 1.49. The van der Waals surface area contributed by atoms with Gasteiger partial charge in [-0.15, -0.1) is 0 Å². The van der Waals surface area contributed by atoms with Gasteiger partial charge in [0, 0.05) is 12.2 Å². The van der Waals surface area contributed by atoms with E-state index in [0.29, 0.717) is 12.5 Å². The first kappa shape index (κ1) is 14.4. The van der Waals surface area contributed by atoms with Gasteiger partial charge in [-0.05, 0) is 42.7 Å². The summed E-state index contributed by atoms with van der Waals surface area (Å²) in [6.45, 7) is 7.94. The van der Waals surface area contributed by atoms with Gasteiger partial charge in [-0.2, -0.15) is 0 Å². The molecule has 0 saturated carbocycles. The van der Waals surface area contributed by atoms with Crippen LogP contribution in [0.1, 0.15) is 30.9 Å². The zero-order valence-corrected chi connectivity index (χ0v) is 12.5. The summed E-state index contributed by atoms with van der Waals surface area (Å²) in [7, 11) is 0. The third kappa shape index (κ3) is 4.30. The largest absolute Gasteiger partial charge is 0.492 e. The molecular formula is C18H23NO. The number of hydrogen-bond acceptors (Lipinski definition) is 2. The van der Waals surface area contributed by atoms with E-state index in [9.17, 15) is 0 Å². The van der Waals surface area contributed by atoms with Crippen molar-refractivity contribution in [3.63, 3.8) is 0 Å². The molecule has 0 atom stereocenters. The van der Waals surface area contributed by atoms with Crippen LogP contribution in [0.15, 0.2) is 48.5 Å². The number of hydrogen-bond donors (Lipinski definition) is 1. The van der Waals surface area contributed by atoms with E-state index >= 15 is 0 Å². The van der Waals surface area contributed by atoms with Gasteiger partial charge >= 0.3 is 0 Å². The van der Waals surface area contributed by atoms with E-state index < -0.39 is 0 Å². The van der Waals surface area contributed by atoms with E-state index in [-0.39, 0.29) is 0 Å². The molecule has 0 bridgehead atoms. The number of benzene rings is 2. The molecule has 2 heteroatoms. The highest BCUT2D eigenvalue weighted by Crippen LogP contribution is 2.18. The van der Waals surface area contributed by atoms with Crippen LogP contribution in [0.4, 0.5) is 5.69 Å². The molecule has 0 fully saturated rings. The predicted octanol–water partition coefficient (Wildman–Crippen LogP) is 4.61. The third-order valence-electron chi connectivity index (χ3n) is 3.30. The molecule has 2 aromatic carbocycles. The minimum absolute atomic E-state index is 0.562. The van der Waals surface area contributed by atoms with Crippen LogP contribution in [0.25, 0.3) is 0 Å². The number of rotatable bonds is 6. The average Bonchev–Trinajstić information content (AvgIpc) is 2.46. The van der Waals surface area contributed by atoms with E-state index in [2.05, 4.69) is 62.5 Å². The Morgan fingerprint density at radius 1 is 0.950 bits per heavy atom. The molecule has 0 unspecified atom stereocenters. The van der Waals surface area contributed by atoms with Crippen molar-refractivity contribution in [2.24, 2.45) is 0 Å². The van der Waals surface area contributed by atoms with Crippen LogP contribution in [0.2, 0.25) is 0 Å². The highest BCUT2D eigenvalue weighted by atomic mass is 16.5. The van der Waals surface area contributed by atoms with Gasteiger partial charge in [0.05, 0.1) is 0 Å². The first-order valence-electron chi connectivity index (χ1n) is 7.18. The van der Waals surface area contributed by atoms with E-state index in [1.54, 1.807) is 0 Å². The van der Waals surface area contributed by atoms with Gasteiger partial charge in [0.25, 0.3) is 0 Å². The van der Waals surface area contributed by atoms with Crippen molar-refractivity contribution in [2.75, 3.05) is 18.5 Å². The first-order valence-corrected chi connectivity index (χ1v) is 7.18. The fourth-order valence-electron chi connectivity index (χ4n) is 1.98. The second-order valence-corrected chi connectivity index (χ2v) is 5.36. The van der Waals surface area contributed by atoms with E-state index in [4.69, 9.17) is 4.74 Å². The maximum Gasteiger partial charge on any atom is 0.119 e. The fraction of sp³-hybridized carbons (Fsp3) is 0.333. The molecule has 0 saturated heterocycles. The molecular weight excluding hydrogens is 246 g/mol. The maximum absolute atomic E-state index is 5.72. The summed E-state index contributed by atoms with van der Waals surface area (Å²) in [6, 6.07) is 16.7. The normalized spacial score (nSPS) is 10.6. The Morgan fingerprint density at radius 3 is 2.20 bits per heavy atom. The average molecular weight is 269 g/mol. The number of aryl methyl sites for hydroxylation is 1. The lowest BCUT2D eigenvalue weighted by atomic mass is 10.0. The summed E-state index contributed by atoms with van der Waals surface area (Å²) < 4.78 is 5.72. The molecule has 20 heavy (non-hydrogen) atoms. The predicted molar refractivity (Wildman–Crippen MR) is 85.7 cm³/mol. The molecule has 0 aliphatic carbocycles. The Labute approximate surface area is 121 Å². The van der Waals surface area contributed by atoms with Crippen LogP contribution in [-0.4, -0.2) is 13.2 Å². The van der Waals surface area contributed by atoms with Crippen LogP contribution >= 0.6 is 0 Å². The monoisotopic (exact) mass is 269 g/mol. The van der Waals surface area contributed by atoms with E-state index in [1.165, 1.54) is 11.1 Å². The standard InChI is InChI=1S/C18H23NO/c1-14(2)16-6-10-18(11-7-16)20-13-12-19-17-8-4-15(3)5-9-17/h4-11,14,19H,12-13H2,1-3H3. The molecule has 0 spiro atoms. The molecule has 2 aromatic rings. The Hall–Kier alpha value is -1.96. The van der Waals surface area contributed by atoms with Crippen molar-refractivity contribution >= 4 is 5.69 Å². The molecule has 0 heterocycles. The van der Waals surface area contributed by atoms with Gasteiger partial charge in [0.15, 0.2) is 0 Å². The first-order chi connectivity index (χ1) is 9.65. The number of nitrogens with one attached hydrogen (secondary N) is 1. The smallest absolute Gasteiger partial charge is 0.119 e. The summed E-state index contributed by atoms with van der Waals surface area (Å²) >= 11 is 0. The molecule has 0 aliphatic heterocycles. The second kappa shape index (κ2) is 6.99. The lowest BCUT2D eigenvalue weighted by Gasteiger charge is -2.10. The molecule has 0 aromatic heterocycles. The van der Waals surface area contributed by atoms with Crippen LogP contribution < -0.4 is 10.1 Å². The van der Waals surface area contributed by atoms with Gasteiger partial charge < -0.3 is 10.1 Å². The number of anilines is 1. The molecule has 0 radical (unpaired) electrons. The Balaban J connectivity index is 1.74. The van der Waals surface area contributed by atoms with Gasteiger partial charge in [-0.25, -0.2) is 0 Å². The minimum Gasteiger partial charge on any atom is -0.492 e. The quantitative estimate of drug-likeness (QED) is 0.773. The molecule has 0 amide bonds. The maximum atomic E-state index is 5.72. The van der Waals surface area contributed by atoms with Crippen molar-refractivity contribution in [2.45, 2.75) is 26.7 Å². The van der Waals surface area contributed by atoms with Crippen LogP contribution in [-0.2, 0) is 0 Å². The van der Waals surface area contributed by atoms with Crippen LogP contribution in [0.3, 0.4) is 0 Å². The fourth-order valence-corrected chi connectivity index (χ4v) is 1.98. The van der Waals surface area contributed by atoms with Gasteiger partial charge in [0.2, 0.25) is 0 Å². The summed E-state index contributed by atoms with van der Waals surface area (Å²) in [5, 5.41) is 3.35. The summed E-state index contributed by atoms with van der Waals surface area (Å²) in [6.07, 6.45) is 0. The lowest BCUT2D eigenvalue weighted by molar-refractivity contribution is 0.333. The highest BCUT2D eigenvalue weighted by molar-refractivity contribution is 5.44. The van der Waals surface area contributed by atoms with Crippen LogP contribution in [0.5, 0.6) is 5.75 Å². The van der Waals surface area contributed by atoms with Gasteiger partial charge in [-0.1, -0.05) is 43.7 Å². The number of ether oxygens (including phenoxy) is 1. The molecule has 2 rings (SSSR count). The summed E-state index contributed by atoms with van der Waals surface area (Å²) in [4.78, 5) is 0. The lowest BCUT2D eigenvalue weighted by Crippen LogP contribution is -2.11. The Morgan fingerprint density at radius 2 is 1.60 bits per heavy atom. The molecule has 1 N–H and O–H groups in total. The van der Waals surface area contributed by atoms with E-state index in [0.717, 1.165) is 18.0 Å². The van der Waals surface area contributed by atoms with Crippen molar-refractivity contribution in [1.29, 1.82) is 0 Å². The Bertz CT molecular complexity index is 514. The summed E-state index contributed by atoms with van der Waals surface area (Å²) in [5.41, 5.74) is 3.75. The topological polar surface area (TPSA) is 21.3 Å². The van der Waals surface area contributed by atoms with E-state index in [1.807, 2.05) is 12.1 Å². The van der Waals surface area contributed by atoms with Crippen molar-refractivity contribution < 1.29 is 4.74 Å². The highest BCUT2D eigenvalue weighted by Gasteiger charge is 1.99. The van der Waals surface area contributed by atoms with Gasteiger partial charge in [-0.3, -0.25) is 0 Å². The second-order valence-electron chi connectivity index (χ2n) is 5.36. The zero-order chi connectivity index (χ0) is 14.4. The SMILES string of the molecule is Cc1ccc(NCCOc2ccc(C(C)C)cc2)cc1. The third-order valence-corrected chi connectivity index (χ3v) is 3.30.